The SMILES string of the molecule is C[C@](O)(C(=O)N1CCC[C@H]1C(=O)NCc1cc(Cl)ccc1CCN)c1ccccc1. The molecule has 1 aliphatic heterocycles. The molecule has 2 aromatic rings. The summed E-state index contributed by atoms with van der Waals surface area (Å²) >= 11 is 6.11. The number of carbonyl (C=O) groups is 2. The van der Waals surface area contributed by atoms with E-state index in [0.717, 1.165) is 11.1 Å². The molecule has 4 N–H and O–H groups in total. The summed E-state index contributed by atoms with van der Waals surface area (Å²) in [4.78, 5) is 27.5. The lowest BCUT2D eigenvalue weighted by Crippen LogP contribution is -2.52. The number of aliphatic hydroxyl groups is 1. The lowest BCUT2D eigenvalue weighted by Gasteiger charge is -2.32. The van der Waals surface area contributed by atoms with Gasteiger partial charge in [0, 0.05) is 18.1 Å². The minimum absolute atomic E-state index is 0.233. The third kappa shape index (κ3) is 4.83. The van der Waals surface area contributed by atoms with Gasteiger partial charge < -0.3 is 21.1 Å². The Hall–Kier alpha value is -2.41. The molecule has 1 heterocycles. The minimum atomic E-state index is -1.69. The van der Waals surface area contributed by atoms with E-state index >= 15 is 0 Å². The van der Waals surface area contributed by atoms with Gasteiger partial charge in [0.2, 0.25) is 5.91 Å². The number of hydrogen-bond donors (Lipinski definition) is 3. The van der Waals surface area contributed by atoms with Crippen LogP contribution in [-0.2, 0) is 28.2 Å². The summed E-state index contributed by atoms with van der Waals surface area (Å²) in [5.74, 6) is -0.693. The molecule has 1 aliphatic rings. The van der Waals surface area contributed by atoms with Crippen LogP contribution in [0.3, 0.4) is 0 Å². The lowest BCUT2D eigenvalue weighted by molar-refractivity contribution is -0.154. The highest BCUT2D eigenvalue weighted by molar-refractivity contribution is 6.30. The smallest absolute Gasteiger partial charge is 0.259 e. The van der Waals surface area contributed by atoms with Crippen molar-refractivity contribution in [2.75, 3.05) is 13.1 Å². The normalized spacial score (nSPS) is 18.1. The Bertz CT molecular complexity index is 902. The predicted octanol–water partition coefficient (Wildman–Crippen LogP) is 2.36. The average Bonchev–Trinajstić information content (AvgIpc) is 3.23. The third-order valence-corrected chi connectivity index (χ3v) is 5.84. The molecule has 0 spiro atoms. The quantitative estimate of drug-likeness (QED) is 0.629. The van der Waals surface area contributed by atoms with Crippen LogP contribution in [0.25, 0.3) is 0 Å². The van der Waals surface area contributed by atoms with Gasteiger partial charge in [-0.1, -0.05) is 48.0 Å². The van der Waals surface area contributed by atoms with Crippen molar-refractivity contribution in [3.63, 3.8) is 0 Å². The Morgan fingerprint density at radius 1 is 1.23 bits per heavy atom. The minimum Gasteiger partial charge on any atom is -0.376 e. The van der Waals surface area contributed by atoms with E-state index in [2.05, 4.69) is 5.32 Å². The predicted molar refractivity (Wildman–Crippen MR) is 117 cm³/mol. The first-order valence-corrected chi connectivity index (χ1v) is 10.6. The summed E-state index contributed by atoms with van der Waals surface area (Å²) in [5.41, 5.74) is 6.44. The van der Waals surface area contributed by atoms with Crippen LogP contribution >= 0.6 is 11.6 Å². The van der Waals surface area contributed by atoms with Crippen molar-refractivity contribution in [3.05, 3.63) is 70.2 Å². The van der Waals surface area contributed by atoms with Crippen molar-refractivity contribution in [1.82, 2.24) is 10.2 Å². The topological polar surface area (TPSA) is 95.7 Å². The fraction of sp³-hybridized carbons (Fsp3) is 0.391. The fourth-order valence-corrected chi connectivity index (χ4v) is 4.10. The first-order chi connectivity index (χ1) is 14.3. The number of nitrogens with two attached hydrogens (primary N) is 1. The van der Waals surface area contributed by atoms with Gasteiger partial charge in [0.05, 0.1) is 0 Å². The Kier molecular flexibility index (Phi) is 7.13. The van der Waals surface area contributed by atoms with Crippen LogP contribution in [0.4, 0.5) is 0 Å². The molecule has 160 valence electrons. The van der Waals surface area contributed by atoms with Crippen molar-refractivity contribution in [3.8, 4) is 0 Å². The van der Waals surface area contributed by atoms with Gasteiger partial charge in [-0.25, -0.2) is 0 Å². The molecule has 7 heteroatoms. The van der Waals surface area contributed by atoms with Gasteiger partial charge in [0.25, 0.3) is 5.91 Å². The molecule has 1 fully saturated rings. The van der Waals surface area contributed by atoms with Gasteiger partial charge >= 0.3 is 0 Å². The number of amides is 2. The number of carbonyl (C=O) groups excluding carboxylic acids is 2. The number of nitrogens with one attached hydrogen (secondary N) is 1. The lowest BCUT2D eigenvalue weighted by atomic mass is 9.94. The highest BCUT2D eigenvalue weighted by Gasteiger charge is 2.42. The molecule has 2 amide bonds. The van der Waals surface area contributed by atoms with E-state index in [9.17, 15) is 14.7 Å². The third-order valence-electron chi connectivity index (χ3n) is 5.60. The molecule has 0 unspecified atom stereocenters. The van der Waals surface area contributed by atoms with Crippen LogP contribution in [-0.4, -0.2) is 41.0 Å². The summed E-state index contributed by atoms with van der Waals surface area (Å²) in [6.07, 6.45) is 1.97. The molecular formula is C23H28ClN3O3. The molecule has 0 radical (unpaired) electrons. The number of nitrogens with zero attached hydrogens (tertiary/aromatic N) is 1. The molecule has 3 rings (SSSR count). The van der Waals surface area contributed by atoms with Crippen molar-refractivity contribution in [2.45, 2.75) is 44.4 Å². The molecule has 2 aromatic carbocycles. The zero-order valence-electron chi connectivity index (χ0n) is 17.1. The van der Waals surface area contributed by atoms with Crippen molar-refractivity contribution < 1.29 is 14.7 Å². The van der Waals surface area contributed by atoms with Gasteiger partial charge in [-0.05, 0) is 61.6 Å². The van der Waals surface area contributed by atoms with Crippen LogP contribution in [0, 0.1) is 0 Å². The zero-order valence-corrected chi connectivity index (χ0v) is 17.9. The van der Waals surface area contributed by atoms with Gasteiger partial charge in [-0.3, -0.25) is 9.59 Å². The van der Waals surface area contributed by atoms with E-state index in [1.165, 1.54) is 11.8 Å². The molecule has 0 aromatic heterocycles. The molecule has 6 nitrogen and oxygen atoms in total. The molecule has 2 atom stereocenters. The summed E-state index contributed by atoms with van der Waals surface area (Å²) in [6, 6.07) is 13.7. The Balaban J connectivity index is 1.71. The zero-order chi connectivity index (χ0) is 21.7. The standard InChI is InChI=1S/C23H28ClN3O3/c1-23(30,18-6-3-2-4-7-18)22(29)27-13-5-8-20(27)21(28)26-15-17-14-19(24)10-9-16(17)11-12-25/h2-4,6-7,9-10,14,20,30H,5,8,11-13,15,25H2,1H3,(H,26,28)/t20-,23+/m0/s1. The van der Waals surface area contributed by atoms with E-state index in [4.69, 9.17) is 17.3 Å². The van der Waals surface area contributed by atoms with Crippen LogP contribution in [0.1, 0.15) is 36.5 Å². The Morgan fingerprint density at radius 2 is 1.97 bits per heavy atom. The van der Waals surface area contributed by atoms with Crippen molar-refractivity contribution >= 4 is 23.4 Å². The number of rotatable bonds is 7. The highest BCUT2D eigenvalue weighted by atomic mass is 35.5. The fourth-order valence-electron chi connectivity index (χ4n) is 3.91. The second kappa shape index (κ2) is 9.60. The van der Waals surface area contributed by atoms with Crippen molar-refractivity contribution in [2.24, 2.45) is 5.73 Å². The maximum absolute atomic E-state index is 13.1. The average molecular weight is 430 g/mol. The number of halogens is 1. The van der Waals surface area contributed by atoms with Crippen LogP contribution in [0.2, 0.25) is 5.02 Å². The number of likely N-dealkylation sites (tertiary alicyclic amines) is 1. The monoisotopic (exact) mass is 429 g/mol. The molecule has 30 heavy (non-hydrogen) atoms. The summed E-state index contributed by atoms with van der Waals surface area (Å²) in [6.45, 7) is 2.73. The van der Waals surface area contributed by atoms with Crippen LogP contribution < -0.4 is 11.1 Å². The van der Waals surface area contributed by atoms with Crippen molar-refractivity contribution in [1.29, 1.82) is 0 Å². The van der Waals surface area contributed by atoms with Crippen LogP contribution in [0.5, 0.6) is 0 Å². The summed E-state index contributed by atoms with van der Waals surface area (Å²) < 4.78 is 0. The number of benzene rings is 2. The van der Waals surface area contributed by atoms with Gasteiger partial charge in [-0.15, -0.1) is 0 Å². The van der Waals surface area contributed by atoms with E-state index in [1.807, 2.05) is 18.2 Å². The first kappa shape index (κ1) is 22.3. The highest BCUT2D eigenvalue weighted by Crippen LogP contribution is 2.28. The van der Waals surface area contributed by atoms with E-state index in [1.54, 1.807) is 30.3 Å². The molecule has 0 bridgehead atoms. The Morgan fingerprint density at radius 3 is 2.67 bits per heavy atom. The van der Waals surface area contributed by atoms with Crippen LogP contribution in [0.15, 0.2) is 48.5 Å². The second-order valence-corrected chi connectivity index (χ2v) is 8.20. The van der Waals surface area contributed by atoms with Gasteiger partial charge in [0.15, 0.2) is 5.60 Å². The van der Waals surface area contributed by atoms with E-state index in [0.29, 0.717) is 49.5 Å². The van der Waals surface area contributed by atoms with Gasteiger partial charge in [-0.2, -0.15) is 0 Å². The Labute approximate surface area is 182 Å². The first-order valence-electron chi connectivity index (χ1n) is 10.2. The number of hydrogen-bond acceptors (Lipinski definition) is 4. The molecular weight excluding hydrogens is 402 g/mol. The molecule has 0 saturated carbocycles. The largest absolute Gasteiger partial charge is 0.376 e. The maximum atomic E-state index is 13.1. The maximum Gasteiger partial charge on any atom is 0.259 e. The second-order valence-electron chi connectivity index (χ2n) is 7.76. The molecule has 0 aliphatic carbocycles. The molecule has 1 saturated heterocycles. The van der Waals surface area contributed by atoms with Gasteiger partial charge in [0.1, 0.15) is 6.04 Å². The summed E-state index contributed by atoms with van der Waals surface area (Å²) in [7, 11) is 0. The summed E-state index contributed by atoms with van der Waals surface area (Å²) in [5, 5.41) is 14.4. The van der Waals surface area contributed by atoms with E-state index in [-0.39, 0.29) is 5.91 Å². The van der Waals surface area contributed by atoms with E-state index < -0.39 is 17.6 Å².